The molecule has 0 aliphatic carbocycles. The molecule has 0 spiro atoms. The molecule has 0 radical (unpaired) electrons. The lowest BCUT2D eigenvalue weighted by Crippen LogP contribution is -2.15. The highest BCUT2D eigenvalue weighted by Gasteiger charge is 2.03. The van der Waals surface area contributed by atoms with Crippen LogP contribution in [0, 0.1) is 3.57 Å². The standard InChI is InChI=1S/C9H9ClINO2/c1-14-9(13)5-12-8-4-6(11)2-3-7(8)10/h2-4,12H,5H2,1H3. The van der Waals surface area contributed by atoms with Crippen LogP contribution in [-0.2, 0) is 9.53 Å². The van der Waals surface area contributed by atoms with Gasteiger partial charge in [-0.3, -0.25) is 4.79 Å². The summed E-state index contributed by atoms with van der Waals surface area (Å²) < 4.78 is 5.55. The molecule has 0 saturated heterocycles. The quantitative estimate of drug-likeness (QED) is 0.685. The van der Waals surface area contributed by atoms with Gasteiger partial charge in [0.05, 0.1) is 17.8 Å². The maximum absolute atomic E-state index is 10.9. The molecule has 0 heterocycles. The summed E-state index contributed by atoms with van der Waals surface area (Å²) in [6.45, 7) is 0.121. The minimum absolute atomic E-state index is 0.121. The van der Waals surface area contributed by atoms with Crippen LogP contribution < -0.4 is 5.32 Å². The van der Waals surface area contributed by atoms with Crippen molar-refractivity contribution in [3.63, 3.8) is 0 Å². The van der Waals surface area contributed by atoms with Crippen LogP contribution in [0.15, 0.2) is 18.2 Å². The predicted molar refractivity (Wildman–Crippen MR) is 64.7 cm³/mol. The molecule has 1 aromatic carbocycles. The molecular formula is C9H9ClINO2. The first kappa shape index (κ1) is 11.6. The van der Waals surface area contributed by atoms with Crippen LogP contribution in [0.3, 0.4) is 0 Å². The Labute approximate surface area is 101 Å². The third-order valence-corrected chi connectivity index (χ3v) is 2.58. The average molecular weight is 326 g/mol. The van der Waals surface area contributed by atoms with Gasteiger partial charge in [0.2, 0.25) is 0 Å². The molecule has 3 nitrogen and oxygen atoms in total. The highest BCUT2D eigenvalue weighted by molar-refractivity contribution is 14.1. The number of benzene rings is 1. The third kappa shape index (κ3) is 3.34. The van der Waals surface area contributed by atoms with Crippen molar-refractivity contribution in [2.24, 2.45) is 0 Å². The highest BCUT2D eigenvalue weighted by atomic mass is 127. The lowest BCUT2D eigenvalue weighted by Gasteiger charge is -2.07. The highest BCUT2D eigenvalue weighted by Crippen LogP contribution is 2.23. The van der Waals surface area contributed by atoms with Gasteiger partial charge in [-0.25, -0.2) is 0 Å². The van der Waals surface area contributed by atoms with Gasteiger partial charge in [-0.05, 0) is 40.8 Å². The Kier molecular flexibility index (Phi) is 4.47. The van der Waals surface area contributed by atoms with Gasteiger partial charge in [-0.15, -0.1) is 0 Å². The summed E-state index contributed by atoms with van der Waals surface area (Å²) in [5.74, 6) is -0.320. The summed E-state index contributed by atoms with van der Waals surface area (Å²) in [6.07, 6.45) is 0. The second-order valence-electron chi connectivity index (χ2n) is 2.55. The minimum Gasteiger partial charge on any atom is -0.468 e. The Morgan fingerprint density at radius 1 is 1.64 bits per heavy atom. The Hall–Kier alpha value is -0.490. The number of hydrogen-bond donors (Lipinski definition) is 1. The normalized spacial score (nSPS) is 9.64. The van der Waals surface area contributed by atoms with Crippen molar-refractivity contribution in [2.45, 2.75) is 0 Å². The minimum atomic E-state index is -0.320. The van der Waals surface area contributed by atoms with Gasteiger partial charge < -0.3 is 10.1 Å². The molecule has 0 amide bonds. The molecule has 5 heteroatoms. The van der Waals surface area contributed by atoms with Crippen molar-refractivity contribution in [3.05, 3.63) is 26.8 Å². The molecule has 0 atom stereocenters. The number of carbonyl (C=O) groups excluding carboxylic acids is 1. The summed E-state index contributed by atoms with van der Waals surface area (Å²) in [5, 5.41) is 3.49. The maximum atomic E-state index is 10.9. The zero-order valence-corrected chi connectivity index (χ0v) is 10.4. The van der Waals surface area contributed by atoms with Gasteiger partial charge in [0.15, 0.2) is 0 Å². The fraction of sp³-hybridized carbons (Fsp3) is 0.222. The zero-order chi connectivity index (χ0) is 10.6. The van der Waals surface area contributed by atoms with Crippen LogP contribution in [0.5, 0.6) is 0 Å². The second-order valence-corrected chi connectivity index (χ2v) is 4.21. The molecule has 76 valence electrons. The first-order valence-corrected chi connectivity index (χ1v) is 5.35. The number of ether oxygens (including phenoxy) is 1. The molecule has 0 aliphatic heterocycles. The first-order chi connectivity index (χ1) is 6.63. The fourth-order valence-corrected chi connectivity index (χ4v) is 1.55. The third-order valence-electron chi connectivity index (χ3n) is 1.58. The van der Waals surface area contributed by atoms with Crippen LogP contribution in [0.1, 0.15) is 0 Å². The monoisotopic (exact) mass is 325 g/mol. The lowest BCUT2D eigenvalue weighted by atomic mass is 10.3. The van der Waals surface area contributed by atoms with E-state index in [0.29, 0.717) is 5.02 Å². The maximum Gasteiger partial charge on any atom is 0.325 e. The van der Waals surface area contributed by atoms with Crippen molar-refractivity contribution in [2.75, 3.05) is 19.0 Å². The van der Waals surface area contributed by atoms with Gasteiger partial charge in [0, 0.05) is 3.57 Å². The Morgan fingerprint density at radius 3 is 3.00 bits per heavy atom. The first-order valence-electron chi connectivity index (χ1n) is 3.89. The van der Waals surface area contributed by atoms with E-state index in [9.17, 15) is 4.79 Å². The van der Waals surface area contributed by atoms with Gasteiger partial charge in [-0.2, -0.15) is 0 Å². The molecule has 0 fully saturated rings. The number of methoxy groups -OCH3 is 1. The molecule has 0 aromatic heterocycles. The van der Waals surface area contributed by atoms with Gasteiger partial charge >= 0.3 is 5.97 Å². The van der Waals surface area contributed by atoms with E-state index < -0.39 is 0 Å². The topological polar surface area (TPSA) is 38.3 Å². The van der Waals surface area contributed by atoms with E-state index in [1.807, 2.05) is 12.1 Å². The lowest BCUT2D eigenvalue weighted by molar-refractivity contribution is -0.138. The SMILES string of the molecule is COC(=O)CNc1cc(I)ccc1Cl. The molecule has 0 saturated carbocycles. The average Bonchev–Trinajstić information content (AvgIpc) is 2.19. The Bertz CT molecular complexity index is 344. The number of hydrogen-bond acceptors (Lipinski definition) is 3. The number of anilines is 1. The molecule has 1 N–H and O–H groups in total. The number of esters is 1. The van der Waals surface area contributed by atoms with Crippen molar-refractivity contribution in [1.29, 1.82) is 0 Å². The number of rotatable bonds is 3. The van der Waals surface area contributed by atoms with Crippen LogP contribution in [0.25, 0.3) is 0 Å². The van der Waals surface area contributed by atoms with E-state index >= 15 is 0 Å². The second kappa shape index (κ2) is 5.41. The van der Waals surface area contributed by atoms with Crippen LogP contribution in [0.2, 0.25) is 5.02 Å². The Morgan fingerprint density at radius 2 is 2.36 bits per heavy atom. The summed E-state index contributed by atoms with van der Waals surface area (Å²) in [6, 6.07) is 5.54. The molecule has 1 rings (SSSR count). The van der Waals surface area contributed by atoms with Crippen LogP contribution in [-0.4, -0.2) is 19.6 Å². The summed E-state index contributed by atoms with van der Waals surface area (Å²) in [4.78, 5) is 10.9. The summed E-state index contributed by atoms with van der Waals surface area (Å²) in [5.41, 5.74) is 0.740. The molecule has 0 bridgehead atoms. The van der Waals surface area contributed by atoms with Crippen molar-refractivity contribution < 1.29 is 9.53 Å². The number of nitrogens with one attached hydrogen (secondary N) is 1. The van der Waals surface area contributed by atoms with Crippen molar-refractivity contribution >= 4 is 45.8 Å². The predicted octanol–water partition coefficient (Wildman–Crippen LogP) is 2.53. The molecule has 14 heavy (non-hydrogen) atoms. The van der Waals surface area contributed by atoms with Crippen LogP contribution in [0.4, 0.5) is 5.69 Å². The molecule has 1 aromatic rings. The molecule has 0 aliphatic rings. The van der Waals surface area contributed by atoms with Crippen LogP contribution >= 0.6 is 34.2 Å². The van der Waals surface area contributed by atoms with E-state index in [1.54, 1.807) is 6.07 Å². The van der Waals surface area contributed by atoms with E-state index in [-0.39, 0.29) is 12.5 Å². The largest absolute Gasteiger partial charge is 0.468 e. The fourth-order valence-electron chi connectivity index (χ4n) is 0.873. The van der Waals surface area contributed by atoms with Gasteiger partial charge in [-0.1, -0.05) is 11.6 Å². The summed E-state index contributed by atoms with van der Waals surface area (Å²) in [7, 11) is 1.35. The smallest absolute Gasteiger partial charge is 0.325 e. The molecule has 0 unspecified atom stereocenters. The van der Waals surface area contributed by atoms with E-state index in [2.05, 4.69) is 32.6 Å². The molecular weight excluding hydrogens is 316 g/mol. The number of carbonyl (C=O) groups is 1. The van der Waals surface area contributed by atoms with E-state index in [4.69, 9.17) is 11.6 Å². The van der Waals surface area contributed by atoms with Gasteiger partial charge in [0.25, 0.3) is 0 Å². The Balaban J connectivity index is 2.66. The van der Waals surface area contributed by atoms with Crippen molar-refractivity contribution in [1.82, 2.24) is 0 Å². The zero-order valence-electron chi connectivity index (χ0n) is 7.51. The summed E-state index contributed by atoms with van der Waals surface area (Å²) >= 11 is 8.08. The van der Waals surface area contributed by atoms with Gasteiger partial charge in [0.1, 0.15) is 6.54 Å². The van der Waals surface area contributed by atoms with E-state index in [1.165, 1.54) is 7.11 Å². The number of halogens is 2. The van der Waals surface area contributed by atoms with Crippen molar-refractivity contribution in [3.8, 4) is 0 Å². The van der Waals surface area contributed by atoms with E-state index in [0.717, 1.165) is 9.26 Å².